The van der Waals surface area contributed by atoms with Crippen molar-refractivity contribution in [1.82, 2.24) is 0 Å². The van der Waals surface area contributed by atoms with Crippen LogP contribution in [0.15, 0.2) is 72.5 Å². The van der Waals surface area contributed by atoms with Crippen LogP contribution in [0.4, 0.5) is 11.4 Å². The maximum atomic E-state index is 12.1. The molecule has 2 heterocycles. The van der Waals surface area contributed by atoms with Gasteiger partial charge in [0.25, 0.3) is 0 Å². The number of carbonyl (C=O) groups excluding carboxylic acids is 1. The van der Waals surface area contributed by atoms with Crippen molar-refractivity contribution in [2.24, 2.45) is 5.92 Å². The van der Waals surface area contributed by atoms with Gasteiger partial charge in [0.15, 0.2) is 5.71 Å². The Bertz CT molecular complexity index is 1210. The summed E-state index contributed by atoms with van der Waals surface area (Å²) in [5, 5.41) is 0. The maximum absolute atomic E-state index is 12.1. The largest absolute Gasteiger partial charge is 0.344 e. The molecule has 3 heteroatoms. The first-order chi connectivity index (χ1) is 16.6. The van der Waals surface area contributed by atoms with Gasteiger partial charge in [0.05, 0.1) is 5.41 Å². The number of ketones is 1. The summed E-state index contributed by atoms with van der Waals surface area (Å²) in [6, 6.07) is 17.5. The molecule has 4 rings (SSSR count). The van der Waals surface area contributed by atoms with E-state index in [1.165, 1.54) is 33.9 Å². The third-order valence-corrected chi connectivity index (χ3v) is 7.95. The van der Waals surface area contributed by atoms with Crippen molar-refractivity contribution in [1.29, 1.82) is 0 Å². The zero-order valence-electron chi connectivity index (χ0n) is 22.6. The van der Waals surface area contributed by atoms with Gasteiger partial charge in [-0.1, -0.05) is 70.2 Å². The maximum Gasteiger partial charge on any atom is 0.209 e. The summed E-state index contributed by atoms with van der Waals surface area (Å²) in [6.45, 7) is 14.2. The zero-order chi connectivity index (χ0) is 25.4. The molecule has 0 radical (unpaired) electrons. The van der Waals surface area contributed by atoms with Gasteiger partial charge in [0, 0.05) is 53.4 Å². The van der Waals surface area contributed by atoms with Crippen LogP contribution < -0.4 is 4.90 Å². The lowest BCUT2D eigenvalue weighted by Crippen LogP contribution is -2.27. The number of rotatable bonds is 8. The first-order valence-electron chi connectivity index (χ1n) is 13.1. The van der Waals surface area contributed by atoms with Gasteiger partial charge in [0.1, 0.15) is 12.8 Å². The lowest BCUT2D eigenvalue weighted by atomic mass is 9.81. The summed E-state index contributed by atoms with van der Waals surface area (Å²) < 4.78 is 2.32. The molecule has 0 saturated carbocycles. The molecular weight excluding hydrogens is 428 g/mol. The number of nitrogens with zero attached hydrogens (tertiary/aromatic N) is 2. The van der Waals surface area contributed by atoms with Crippen molar-refractivity contribution in [3.05, 3.63) is 83.6 Å². The van der Waals surface area contributed by atoms with E-state index in [0.29, 0.717) is 12.2 Å². The van der Waals surface area contributed by atoms with E-state index in [2.05, 4.69) is 111 Å². The van der Waals surface area contributed by atoms with Crippen LogP contribution in [0.1, 0.15) is 71.9 Å². The monoisotopic (exact) mass is 469 g/mol. The Labute approximate surface area is 211 Å². The molecular formula is C32H41N2O+. The number of hydrogen-bond donors (Lipinski definition) is 0. The molecule has 0 aromatic heterocycles. The fraction of sp³-hybridized carbons (Fsp3) is 0.438. The Balaban J connectivity index is 1.60. The number of Topliss-reactive ketones (excluding diaryl/α,β-unsaturated/α-hetero) is 1. The number of anilines is 1. The summed E-state index contributed by atoms with van der Waals surface area (Å²) in [5.41, 5.74) is 7.86. The van der Waals surface area contributed by atoms with E-state index < -0.39 is 0 Å². The third kappa shape index (κ3) is 4.53. The van der Waals surface area contributed by atoms with E-state index >= 15 is 0 Å². The van der Waals surface area contributed by atoms with Crippen LogP contribution in [0.3, 0.4) is 0 Å². The quantitative estimate of drug-likeness (QED) is 0.298. The molecule has 2 aliphatic heterocycles. The molecule has 0 aliphatic carbocycles. The Morgan fingerprint density at radius 1 is 0.943 bits per heavy atom. The molecule has 0 atom stereocenters. The molecule has 2 aromatic rings. The van der Waals surface area contributed by atoms with Gasteiger partial charge in [-0.3, -0.25) is 4.79 Å². The zero-order valence-corrected chi connectivity index (χ0v) is 22.6. The Morgan fingerprint density at radius 2 is 1.60 bits per heavy atom. The highest BCUT2D eigenvalue weighted by atomic mass is 16.1. The second kappa shape index (κ2) is 9.60. The van der Waals surface area contributed by atoms with Crippen LogP contribution in [-0.4, -0.2) is 29.7 Å². The van der Waals surface area contributed by atoms with Gasteiger partial charge >= 0.3 is 0 Å². The second-order valence-corrected chi connectivity index (χ2v) is 11.4. The van der Waals surface area contributed by atoms with Crippen molar-refractivity contribution in [2.75, 3.05) is 18.5 Å². The molecule has 0 spiro atoms. The average Bonchev–Trinajstić information content (AvgIpc) is 3.16. The Morgan fingerprint density at radius 3 is 2.29 bits per heavy atom. The topological polar surface area (TPSA) is 23.3 Å². The van der Waals surface area contributed by atoms with Gasteiger partial charge in [-0.25, -0.2) is 0 Å². The molecule has 0 N–H and O–H groups in total. The van der Waals surface area contributed by atoms with Gasteiger partial charge in [-0.15, -0.1) is 0 Å². The Hall–Kier alpha value is -2.94. The predicted octanol–water partition coefficient (Wildman–Crippen LogP) is 7.33. The summed E-state index contributed by atoms with van der Waals surface area (Å²) in [6.07, 6.45) is 9.44. The number of para-hydroxylation sites is 2. The van der Waals surface area contributed by atoms with Gasteiger partial charge in [0.2, 0.25) is 5.69 Å². The number of carbonyl (C=O) groups is 1. The summed E-state index contributed by atoms with van der Waals surface area (Å²) >= 11 is 0. The fourth-order valence-electron chi connectivity index (χ4n) is 5.77. The van der Waals surface area contributed by atoms with Gasteiger partial charge < -0.3 is 4.90 Å². The molecule has 0 amide bonds. The lowest BCUT2D eigenvalue weighted by Gasteiger charge is -2.27. The highest BCUT2D eigenvalue weighted by Gasteiger charge is 2.43. The van der Waals surface area contributed by atoms with Gasteiger partial charge in [-0.05, 0) is 44.4 Å². The first-order valence-corrected chi connectivity index (χ1v) is 13.1. The molecule has 0 unspecified atom stereocenters. The van der Waals surface area contributed by atoms with E-state index in [1.807, 2.05) is 13.8 Å². The first kappa shape index (κ1) is 25.2. The minimum absolute atomic E-state index is 0.0306. The molecule has 35 heavy (non-hydrogen) atoms. The van der Waals surface area contributed by atoms with Crippen molar-refractivity contribution < 1.29 is 9.37 Å². The van der Waals surface area contributed by atoms with E-state index in [9.17, 15) is 4.79 Å². The minimum atomic E-state index is -0.0700. The highest BCUT2D eigenvalue weighted by molar-refractivity contribution is 6.03. The number of hydrogen-bond acceptors (Lipinski definition) is 2. The van der Waals surface area contributed by atoms with Crippen LogP contribution in [0.5, 0.6) is 0 Å². The molecule has 184 valence electrons. The van der Waals surface area contributed by atoms with E-state index in [0.717, 1.165) is 19.4 Å². The Kier molecular flexibility index (Phi) is 6.90. The van der Waals surface area contributed by atoms with Crippen molar-refractivity contribution in [3.8, 4) is 0 Å². The summed E-state index contributed by atoms with van der Waals surface area (Å²) in [5.74, 6) is 0.496. The SMILES string of the molecule is CC(C)C(=O)CCCCN1/C(=C/C=C/C2=[N+](C)c3ccccc3C2(C)C)C(C)(C)c2ccccc21. The van der Waals surface area contributed by atoms with Crippen LogP contribution in [-0.2, 0) is 15.6 Å². The highest BCUT2D eigenvalue weighted by Crippen LogP contribution is 2.47. The number of allylic oxidation sites excluding steroid dienone is 4. The van der Waals surface area contributed by atoms with E-state index in [1.54, 1.807) is 0 Å². The van der Waals surface area contributed by atoms with Crippen molar-refractivity contribution in [3.63, 3.8) is 0 Å². The number of unbranched alkanes of at least 4 members (excludes halogenated alkanes) is 1. The summed E-state index contributed by atoms with van der Waals surface area (Å²) in [4.78, 5) is 14.6. The molecule has 0 saturated heterocycles. The third-order valence-electron chi connectivity index (χ3n) is 7.95. The second-order valence-electron chi connectivity index (χ2n) is 11.4. The normalized spacial score (nSPS) is 19.2. The van der Waals surface area contributed by atoms with Crippen molar-refractivity contribution in [2.45, 2.75) is 71.6 Å². The minimum Gasteiger partial charge on any atom is -0.344 e. The van der Waals surface area contributed by atoms with E-state index in [-0.39, 0.29) is 16.7 Å². The molecule has 2 aliphatic rings. The van der Waals surface area contributed by atoms with Crippen LogP contribution in [0, 0.1) is 5.92 Å². The van der Waals surface area contributed by atoms with E-state index in [4.69, 9.17) is 0 Å². The molecule has 3 nitrogen and oxygen atoms in total. The van der Waals surface area contributed by atoms with Gasteiger partial charge in [-0.2, -0.15) is 4.58 Å². The van der Waals surface area contributed by atoms with Crippen LogP contribution in [0.2, 0.25) is 0 Å². The van der Waals surface area contributed by atoms with Crippen LogP contribution in [0.25, 0.3) is 0 Å². The average molecular weight is 470 g/mol. The molecule has 2 aromatic carbocycles. The summed E-state index contributed by atoms with van der Waals surface area (Å²) in [7, 11) is 2.17. The molecule has 0 bridgehead atoms. The standard InChI is InChI=1S/C32H41N2O/c1-23(2)28(35)19-12-13-22-34-27-18-11-9-16-25(27)32(5,6)30(34)21-14-20-29-31(3,4)24-15-8-10-17-26(24)33(29)7/h8-11,14-18,20-21,23H,12-13,19,22H2,1-7H3/q+1. The van der Waals surface area contributed by atoms with Crippen molar-refractivity contribution >= 4 is 22.9 Å². The number of benzene rings is 2. The number of fused-ring (bicyclic) bond motifs is 2. The predicted molar refractivity (Wildman–Crippen MR) is 148 cm³/mol. The van der Waals surface area contributed by atoms with Crippen LogP contribution >= 0.6 is 0 Å². The smallest absolute Gasteiger partial charge is 0.209 e. The lowest BCUT2D eigenvalue weighted by molar-refractivity contribution is -0.401. The fourth-order valence-corrected chi connectivity index (χ4v) is 5.77. The molecule has 0 fully saturated rings.